The monoisotopic (exact) mass is 657 g/mol. The summed E-state index contributed by atoms with van der Waals surface area (Å²) in [6.45, 7) is 11.1. The van der Waals surface area contributed by atoms with Crippen LogP contribution >= 0.6 is 23.2 Å². The molecule has 4 fully saturated rings. The fourth-order valence-electron chi connectivity index (χ4n) is 6.54. The van der Waals surface area contributed by atoms with E-state index in [9.17, 15) is 14.0 Å². The molecule has 1 aliphatic carbocycles. The number of benzene rings is 2. The van der Waals surface area contributed by atoms with Crippen LogP contribution in [0.1, 0.15) is 38.4 Å². The molecular weight excluding hydrogens is 616 g/mol. The maximum atomic E-state index is 13.2. The zero-order valence-electron chi connectivity index (χ0n) is 26.3. The standard InChI is InChI=1S/C18H19FN4O.C12H13Cl2NO2.C4H10/c1-22-10-18-6-15(18)23(9-16(18)22)17(24)8-20-7-13-5-11-4-12(19)2-3-14(11)21-13;13-10-1-2-12(14)9(5-10)6-15-3-4-17-8-11(15)7-16;1-4(2)3/h2-5,7,15-16,21H,6,8-10H2,1H3;1-2,5,7,11H,3-4,6,8H2;4H,1-3H3/t15-,16-,18?;;/m0../s1. The Labute approximate surface area is 274 Å². The number of nitrogens with zero attached hydrogens (tertiary/aromatic N) is 4. The van der Waals surface area contributed by atoms with Crippen LogP contribution in [0.4, 0.5) is 4.39 Å². The van der Waals surface area contributed by atoms with Crippen LogP contribution < -0.4 is 0 Å². The van der Waals surface area contributed by atoms with Crippen molar-refractivity contribution in [3.8, 4) is 0 Å². The van der Waals surface area contributed by atoms with Crippen LogP contribution in [0.15, 0.2) is 47.5 Å². The lowest BCUT2D eigenvalue weighted by Gasteiger charge is -2.43. The highest BCUT2D eigenvalue weighted by atomic mass is 35.5. The van der Waals surface area contributed by atoms with Gasteiger partial charge in [-0.1, -0.05) is 44.0 Å². The normalized spacial score (nSPS) is 25.6. The van der Waals surface area contributed by atoms with E-state index < -0.39 is 0 Å². The van der Waals surface area contributed by atoms with Crippen molar-refractivity contribution in [3.63, 3.8) is 0 Å². The van der Waals surface area contributed by atoms with E-state index >= 15 is 0 Å². The van der Waals surface area contributed by atoms with E-state index in [1.54, 1.807) is 24.4 Å². The molecule has 8 nitrogen and oxygen atoms in total. The molecule has 242 valence electrons. The molecule has 1 spiro atoms. The summed E-state index contributed by atoms with van der Waals surface area (Å²) < 4.78 is 18.5. The zero-order valence-corrected chi connectivity index (χ0v) is 27.8. The number of hydrogen-bond acceptors (Lipinski definition) is 6. The summed E-state index contributed by atoms with van der Waals surface area (Å²) in [5.41, 5.74) is 3.00. The summed E-state index contributed by atoms with van der Waals surface area (Å²) in [5.74, 6) is 0.685. The molecule has 0 radical (unpaired) electrons. The average Bonchev–Trinajstić information content (AvgIpc) is 3.49. The molecule has 11 heteroatoms. The summed E-state index contributed by atoms with van der Waals surface area (Å²) in [6.07, 6.45) is 3.73. The molecule has 4 heterocycles. The van der Waals surface area contributed by atoms with Gasteiger partial charge in [0.05, 0.1) is 24.9 Å². The minimum Gasteiger partial charge on any atom is -0.378 e. The molecule has 2 aromatic carbocycles. The molecule has 0 bridgehead atoms. The van der Waals surface area contributed by atoms with E-state index in [0.29, 0.717) is 47.3 Å². The van der Waals surface area contributed by atoms with Crippen molar-refractivity contribution < 1.29 is 18.7 Å². The Morgan fingerprint density at radius 3 is 2.67 bits per heavy atom. The first-order chi connectivity index (χ1) is 21.5. The molecule has 3 aliphatic heterocycles. The fourth-order valence-corrected chi connectivity index (χ4v) is 6.91. The van der Waals surface area contributed by atoms with Gasteiger partial charge >= 0.3 is 0 Å². The molecular formula is C34H42Cl2FN5O3. The smallest absolute Gasteiger partial charge is 0.244 e. The molecule has 2 unspecified atom stereocenters. The highest BCUT2D eigenvalue weighted by Crippen LogP contribution is 2.64. The van der Waals surface area contributed by atoms with Crippen molar-refractivity contribution in [2.45, 2.75) is 51.9 Å². The molecule has 3 saturated heterocycles. The SMILES string of the molecule is CC(C)C.CN1CC23C[C@@H]2N(C(=O)CN=Cc2cc4cc(F)ccc4[nH]2)C[C@H]13.O=CC1COCCN1Cc1cc(Cl)ccc1Cl. The van der Waals surface area contributed by atoms with Gasteiger partial charge in [-0.2, -0.15) is 0 Å². The van der Waals surface area contributed by atoms with E-state index in [-0.39, 0.29) is 24.3 Å². The first kappa shape index (κ1) is 33.5. The number of carbonyl (C=O) groups is 2. The minimum absolute atomic E-state index is 0.109. The van der Waals surface area contributed by atoms with E-state index in [4.69, 9.17) is 27.9 Å². The number of morpholine rings is 1. The number of rotatable bonds is 6. The van der Waals surface area contributed by atoms with Crippen molar-refractivity contribution in [2.24, 2.45) is 16.3 Å². The number of hydrogen-bond donors (Lipinski definition) is 1. The molecule has 45 heavy (non-hydrogen) atoms. The number of nitrogens with one attached hydrogen (secondary N) is 1. The van der Waals surface area contributed by atoms with E-state index in [2.05, 4.69) is 42.7 Å². The molecule has 1 N–H and O–H groups in total. The number of likely N-dealkylation sites (N-methyl/N-ethyl adjacent to an activating group) is 1. The Morgan fingerprint density at radius 2 is 1.96 bits per heavy atom. The van der Waals surface area contributed by atoms with Gasteiger partial charge in [0.25, 0.3) is 0 Å². The lowest BCUT2D eigenvalue weighted by atomic mass is 9.87. The second-order valence-corrected chi connectivity index (χ2v) is 13.9. The largest absolute Gasteiger partial charge is 0.378 e. The quantitative estimate of drug-likeness (QED) is 0.272. The Hall–Kier alpha value is -2.82. The summed E-state index contributed by atoms with van der Waals surface area (Å²) in [7, 11) is 2.14. The van der Waals surface area contributed by atoms with Crippen LogP contribution in [0.25, 0.3) is 10.9 Å². The van der Waals surface area contributed by atoms with Crippen molar-refractivity contribution in [2.75, 3.05) is 46.4 Å². The van der Waals surface area contributed by atoms with Gasteiger partial charge in [0, 0.05) is 70.8 Å². The third-order valence-corrected chi connectivity index (χ3v) is 9.37. The van der Waals surface area contributed by atoms with E-state index in [1.165, 1.54) is 12.1 Å². The van der Waals surface area contributed by atoms with Crippen molar-refractivity contribution in [1.82, 2.24) is 19.7 Å². The van der Waals surface area contributed by atoms with Crippen LogP contribution in [0.3, 0.4) is 0 Å². The average molecular weight is 659 g/mol. The lowest BCUT2D eigenvalue weighted by Crippen LogP contribution is -2.56. The Morgan fingerprint density at radius 1 is 1.18 bits per heavy atom. The molecule has 3 aromatic rings. The molecule has 1 saturated carbocycles. The van der Waals surface area contributed by atoms with Gasteiger partial charge in [0.2, 0.25) is 5.91 Å². The van der Waals surface area contributed by atoms with Gasteiger partial charge in [0.1, 0.15) is 18.6 Å². The number of ether oxygens (including phenoxy) is 1. The number of aromatic amines is 1. The van der Waals surface area contributed by atoms with Gasteiger partial charge in [-0.3, -0.25) is 14.7 Å². The minimum atomic E-state index is -0.257. The number of aromatic nitrogens is 1. The molecule has 7 rings (SSSR count). The number of aliphatic imine (C=N–C) groups is 1. The third kappa shape index (κ3) is 7.77. The second-order valence-electron chi connectivity index (χ2n) is 13.1. The van der Waals surface area contributed by atoms with Crippen molar-refractivity contribution >= 4 is 52.5 Å². The number of carbonyl (C=O) groups excluding carboxylic acids is 2. The van der Waals surface area contributed by atoms with Gasteiger partial charge in [-0.15, -0.1) is 0 Å². The van der Waals surface area contributed by atoms with Crippen molar-refractivity contribution in [3.05, 3.63) is 69.6 Å². The molecule has 1 amide bonds. The van der Waals surface area contributed by atoms with Crippen LogP contribution in [0, 0.1) is 17.2 Å². The maximum Gasteiger partial charge on any atom is 0.244 e. The van der Waals surface area contributed by atoms with Gasteiger partial charge in [-0.25, -0.2) is 4.39 Å². The first-order valence-electron chi connectivity index (χ1n) is 15.5. The van der Waals surface area contributed by atoms with Crippen LogP contribution in [-0.2, 0) is 20.9 Å². The van der Waals surface area contributed by atoms with Crippen LogP contribution in [0.5, 0.6) is 0 Å². The van der Waals surface area contributed by atoms with E-state index in [1.807, 2.05) is 21.9 Å². The molecule has 4 aliphatic rings. The summed E-state index contributed by atoms with van der Waals surface area (Å²) in [4.78, 5) is 37.2. The van der Waals surface area contributed by atoms with Crippen LogP contribution in [-0.4, -0.2) is 103 Å². The number of amides is 1. The van der Waals surface area contributed by atoms with Gasteiger partial charge in [0.15, 0.2) is 0 Å². The summed E-state index contributed by atoms with van der Waals surface area (Å²) in [6, 6.07) is 12.6. The first-order valence-corrected chi connectivity index (χ1v) is 16.2. The molecule has 4 atom stereocenters. The van der Waals surface area contributed by atoms with Crippen molar-refractivity contribution in [1.29, 1.82) is 0 Å². The Balaban J connectivity index is 0.000000167. The Bertz CT molecular complexity index is 1540. The van der Waals surface area contributed by atoms with Gasteiger partial charge < -0.3 is 24.3 Å². The number of fused-ring (bicyclic) bond motifs is 1. The Kier molecular flexibility index (Phi) is 10.7. The number of aldehydes is 1. The fraction of sp³-hybridized carbons (Fsp3) is 0.500. The topological polar surface area (TPSA) is 81.2 Å². The zero-order chi connectivity index (χ0) is 32.3. The number of likely N-dealkylation sites (tertiary alicyclic amines) is 2. The van der Waals surface area contributed by atoms with Crippen LogP contribution in [0.2, 0.25) is 10.0 Å². The van der Waals surface area contributed by atoms with Gasteiger partial charge in [-0.05, 0) is 67.4 Å². The highest BCUT2D eigenvalue weighted by molar-refractivity contribution is 6.33. The predicted molar refractivity (Wildman–Crippen MR) is 178 cm³/mol. The number of halogens is 3. The molecule has 1 aromatic heterocycles. The van der Waals surface area contributed by atoms with E-state index in [0.717, 1.165) is 60.4 Å². The summed E-state index contributed by atoms with van der Waals surface area (Å²) >= 11 is 12.0. The predicted octanol–water partition coefficient (Wildman–Crippen LogP) is 5.70. The highest BCUT2D eigenvalue weighted by Gasteiger charge is 2.73. The third-order valence-electron chi connectivity index (χ3n) is 8.76. The number of H-pyrrole nitrogens is 1. The number of piperidine rings is 1. The maximum absolute atomic E-state index is 13.2. The second kappa shape index (κ2) is 14.3. The summed E-state index contributed by atoms with van der Waals surface area (Å²) in [5, 5.41) is 2.13. The lowest BCUT2D eigenvalue weighted by molar-refractivity contribution is -0.129.